The van der Waals surface area contributed by atoms with Crippen LogP contribution in [-0.4, -0.2) is 44.1 Å². The largest absolute Gasteiger partial charge is 0.494 e. The summed E-state index contributed by atoms with van der Waals surface area (Å²) in [5.74, 6) is 1.13. The zero-order chi connectivity index (χ0) is 17.0. The molecule has 134 valence electrons. The quantitative estimate of drug-likeness (QED) is 0.632. The molecular weight excluding hydrogens is 300 g/mol. The molecule has 1 saturated heterocycles. The highest BCUT2D eigenvalue weighted by atomic mass is 16.5. The van der Waals surface area contributed by atoms with E-state index in [4.69, 9.17) is 4.74 Å². The predicted octanol–water partition coefficient (Wildman–Crippen LogP) is 3.40. The summed E-state index contributed by atoms with van der Waals surface area (Å²) >= 11 is 0. The van der Waals surface area contributed by atoms with E-state index in [-0.39, 0.29) is 5.91 Å². The normalized spacial score (nSPS) is 14.1. The summed E-state index contributed by atoms with van der Waals surface area (Å²) in [6, 6.07) is 8.00. The van der Waals surface area contributed by atoms with Crippen molar-refractivity contribution in [2.75, 3.05) is 33.3 Å². The van der Waals surface area contributed by atoms with Crippen LogP contribution in [0.5, 0.6) is 5.75 Å². The monoisotopic (exact) mass is 332 g/mol. The number of ether oxygens (including phenoxy) is 1. The van der Waals surface area contributed by atoms with Gasteiger partial charge in [-0.3, -0.25) is 4.79 Å². The van der Waals surface area contributed by atoms with Gasteiger partial charge in [-0.2, -0.15) is 0 Å². The first-order chi connectivity index (χ1) is 11.8. The second kappa shape index (κ2) is 11.1. The van der Waals surface area contributed by atoms with Gasteiger partial charge >= 0.3 is 0 Å². The summed E-state index contributed by atoms with van der Waals surface area (Å²) in [6.45, 7) is 3.71. The van der Waals surface area contributed by atoms with Crippen LogP contribution in [0.1, 0.15) is 50.5 Å². The molecule has 0 unspecified atom stereocenters. The first-order valence-corrected chi connectivity index (χ1v) is 9.44. The van der Waals surface area contributed by atoms with Crippen LogP contribution in [-0.2, 0) is 11.2 Å². The molecule has 4 heteroatoms. The maximum Gasteiger partial charge on any atom is 0.226 e. The van der Waals surface area contributed by atoms with E-state index in [1.807, 2.05) is 36.2 Å². The van der Waals surface area contributed by atoms with Gasteiger partial charge in [0.2, 0.25) is 5.91 Å². The fraction of sp³-hybridized carbons (Fsp3) is 0.650. The molecule has 24 heavy (non-hydrogen) atoms. The highest BCUT2D eigenvalue weighted by Gasteiger charge is 2.17. The summed E-state index contributed by atoms with van der Waals surface area (Å²) in [5.41, 5.74) is 1.05. The third-order valence-corrected chi connectivity index (χ3v) is 4.55. The second-order valence-corrected chi connectivity index (χ2v) is 6.63. The molecule has 4 nitrogen and oxygen atoms in total. The Kier molecular flexibility index (Phi) is 8.67. The zero-order valence-corrected chi connectivity index (χ0v) is 15.1. The average molecular weight is 332 g/mol. The van der Waals surface area contributed by atoms with Crippen molar-refractivity contribution in [1.82, 2.24) is 10.2 Å². The van der Waals surface area contributed by atoms with E-state index in [0.717, 1.165) is 56.8 Å². The molecule has 2 rings (SSSR count). The standard InChI is InChI=1S/C20H32N2O2/c1-21-12-5-3-2-4-8-15-24-19-11-9-10-18(16-19)17-20(23)22-13-6-7-14-22/h9-11,16,21H,2-8,12-15,17H2,1H3. The number of carbonyl (C=O) groups is 1. The lowest BCUT2D eigenvalue weighted by Crippen LogP contribution is -2.29. The summed E-state index contributed by atoms with van der Waals surface area (Å²) in [6.07, 6.45) is 8.90. The Morgan fingerprint density at radius 1 is 1.12 bits per heavy atom. The predicted molar refractivity (Wildman–Crippen MR) is 98.5 cm³/mol. The molecule has 1 aliphatic rings. The molecule has 0 aliphatic carbocycles. The van der Waals surface area contributed by atoms with Crippen LogP contribution >= 0.6 is 0 Å². The van der Waals surface area contributed by atoms with Crippen LogP contribution in [0, 0.1) is 0 Å². The van der Waals surface area contributed by atoms with Crippen LogP contribution < -0.4 is 10.1 Å². The van der Waals surface area contributed by atoms with Gasteiger partial charge in [-0.1, -0.05) is 31.4 Å². The molecule has 0 atom stereocenters. The second-order valence-electron chi connectivity index (χ2n) is 6.63. The lowest BCUT2D eigenvalue weighted by Gasteiger charge is -2.15. The van der Waals surface area contributed by atoms with Gasteiger partial charge in [0.05, 0.1) is 13.0 Å². The fourth-order valence-corrected chi connectivity index (χ4v) is 3.12. The highest BCUT2D eigenvalue weighted by Crippen LogP contribution is 2.16. The molecule has 1 aromatic carbocycles. The number of rotatable bonds is 11. The number of carbonyl (C=O) groups excluding carboxylic acids is 1. The molecule has 0 spiro atoms. The summed E-state index contributed by atoms with van der Waals surface area (Å²) in [5, 5.41) is 3.18. The third-order valence-electron chi connectivity index (χ3n) is 4.55. The summed E-state index contributed by atoms with van der Waals surface area (Å²) < 4.78 is 5.84. The van der Waals surface area contributed by atoms with Crippen molar-refractivity contribution in [2.24, 2.45) is 0 Å². The van der Waals surface area contributed by atoms with E-state index >= 15 is 0 Å². The fourth-order valence-electron chi connectivity index (χ4n) is 3.12. The number of likely N-dealkylation sites (tertiary alicyclic amines) is 1. The molecule has 1 aromatic rings. The number of nitrogens with zero attached hydrogens (tertiary/aromatic N) is 1. The Hall–Kier alpha value is -1.55. The molecule has 0 aromatic heterocycles. The van der Waals surface area contributed by atoms with Crippen LogP contribution in [0.4, 0.5) is 0 Å². The van der Waals surface area contributed by atoms with Crippen LogP contribution in [0.3, 0.4) is 0 Å². The number of hydrogen-bond donors (Lipinski definition) is 1. The van der Waals surface area contributed by atoms with Crippen LogP contribution in [0.2, 0.25) is 0 Å². The summed E-state index contributed by atoms with van der Waals surface area (Å²) in [4.78, 5) is 14.2. The van der Waals surface area contributed by atoms with Gasteiger partial charge < -0.3 is 15.0 Å². The van der Waals surface area contributed by atoms with Gasteiger partial charge in [-0.25, -0.2) is 0 Å². The van der Waals surface area contributed by atoms with Crippen LogP contribution in [0.25, 0.3) is 0 Å². The topological polar surface area (TPSA) is 41.6 Å². The van der Waals surface area contributed by atoms with Crippen molar-refractivity contribution in [1.29, 1.82) is 0 Å². The Bertz CT molecular complexity index is 484. The first-order valence-electron chi connectivity index (χ1n) is 9.44. The van der Waals surface area contributed by atoms with Gasteiger partial charge in [0, 0.05) is 13.1 Å². The highest BCUT2D eigenvalue weighted by molar-refractivity contribution is 5.79. The summed E-state index contributed by atoms with van der Waals surface area (Å²) in [7, 11) is 2.00. The Labute approximate surface area is 146 Å². The zero-order valence-electron chi connectivity index (χ0n) is 15.1. The SMILES string of the molecule is CNCCCCCCCOc1cccc(CC(=O)N2CCCC2)c1. The molecule has 1 aliphatic heterocycles. The van der Waals surface area contributed by atoms with E-state index in [2.05, 4.69) is 5.32 Å². The smallest absolute Gasteiger partial charge is 0.226 e. The van der Waals surface area contributed by atoms with E-state index in [1.165, 1.54) is 25.7 Å². The molecule has 1 N–H and O–H groups in total. The van der Waals surface area contributed by atoms with Crippen LogP contribution in [0.15, 0.2) is 24.3 Å². The number of amides is 1. The van der Waals surface area contributed by atoms with Crippen molar-refractivity contribution in [3.05, 3.63) is 29.8 Å². The number of hydrogen-bond acceptors (Lipinski definition) is 3. The van der Waals surface area contributed by atoms with E-state index in [1.54, 1.807) is 0 Å². The van der Waals surface area contributed by atoms with E-state index in [9.17, 15) is 4.79 Å². The van der Waals surface area contributed by atoms with Crippen molar-refractivity contribution in [3.63, 3.8) is 0 Å². The Morgan fingerprint density at radius 3 is 2.67 bits per heavy atom. The molecule has 1 heterocycles. The van der Waals surface area contributed by atoms with Crippen molar-refractivity contribution >= 4 is 5.91 Å². The Balaban J connectivity index is 1.64. The first kappa shape index (κ1) is 18.8. The average Bonchev–Trinajstić information content (AvgIpc) is 3.12. The molecule has 1 amide bonds. The number of benzene rings is 1. The van der Waals surface area contributed by atoms with E-state index in [0.29, 0.717) is 6.42 Å². The molecule has 0 radical (unpaired) electrons. The minimum atomic E-state index is 0.242. The molecule has 0 bridgehead atoms. The maximum absolute atomic E-state index is 12.2. The lowest BCUT2D eigenvalue weighted by molar-refractivity contribution is -0.129. The minimum Gasteiger partial charge on any atom is -0.494 e. The van der Waals surface area contributed by atoms with Gasteiger partial charge in [-0.05, 0) is 57.0 Å². The lowest BCUT2D eigenvalue weighted by atomic mass is 10.1. The molecular formula is C20H32N2O2. The van der Waals surface area contributed by atoms with Gasteiger partial charge in [0.1, 0.15) is 5.75 Å². The number of unbranched alkanes of at least 4 members (excludes halogenated alkanes) is 4. The van der Waals surface area contributed by atoms with Crippen molar-refractivity contribution < 1.29 is 9.53 Å². The molecule has 1 fully saturated rings. The van der Waals surface area contributed by atoms with Crippen molar-refractivity contribution in [2.45, 2.75) is 51.4 Å². The Morgan fingerprint density at radius 2 is 1.88 bits per heavy atom. The third kappa shape index (κ3) is 6.91. The maximum atomic E-state index is 12.2. The minimum absolute atomic E-state index is 0.242. The van der Waals surface area contributed by atoms with Crippen molar-refractivity contribution in [3.8, 4) is 5.75 Å². The van der Waals surface area contributed by atoms with Gasteiger partial charge in [0.25, 0.3) is 0 Å². The van der Waals surface area contributed by atoms with Gasteiger partial charge in [0.15, 0.2) is 0 Å². The van der Waals surface area contributed by atoms with E-state index < -0.39 is 0 Å². The van der Waals surface area contributed by atoms with Gasteiger partial charge in [-0.15, -0.1) is 0 Å². The number of nitrogens with one attached hydrogen (secondary N) is 1. The molecule has 0 saturated carbocycles.